The van der Waals surface area contributed by atoms with Crippen LogP contribution < -0.4 is 10.2 Å². The molecule has 1 aromatic carbocycles. The van der Waals surface area contributed by atoms with E-state index in [9.17, 15) is 5.11 Å². The number of aromatic hydroxyl groups is 1. The van der Waals surface area contributed by atoms with Crippen molar-refractivity contribution < 1.29 is 5.11 Å². The van der Waals surface area contributed by atoms with Gasteiger partial charge in [0.15, 0.2) is 5.11 Å². The van der Waals surface area contributed by atoms with Crippen molar-refractivity contribution >= 4 is 23.0 Å². The maximum absolute atomic E-state index is 9.78. The third-order valence-electron chi connectivity index (χ3n) is 6.31. The average molecular weight is 419 g/mol. The SMILES string of the molecule is Oc1ccc(N2C(=S)N[C@@H](c3ccccn3)[C@@H]2c2cccn2C2CCCCC2)cc1. The van der Waals surface area contributed by atoms with Crippen LogP contribution in [0.4, 0.5) is 5.69 Å². The molecule has 2 fully saturated rings. The molecule has 3 heterocycles. The Morgan fingerprint density at radius 2 is 1.77 bits per heavy atom. The molecule has 3 aromatic rings. The van der Waals surface area contributed by atoms with Crippen molar-refractivity contribution in [3.8, 4) is 5.75 Å². The third-order valence-corrected chi connectivity index (χ3v) is 6.62. The number of rotatable bonds is 4. The highest BCUT2D eigenvalue weighted by Gasteiger charge is 2.42. The Morgan fingerprint density at radius 1 is 0.967 bits per heavy atom. The van der Waals surface area contributed by atoms with E-state index in [4.69, 9.17) is 12.2 Å². The van der Waals surface area contributed by atoms with Crippen LogP contribution in [0.25, 0.3) is 0 Å². The molecule has 0 spiro atoms. The third kappa shape index (κ3) is 3.45. The Hall–Kier alpha value is -2.86. The van der Waals surface area contributed by atoms with Crippen molar-refractivity contribution in [2.24, 2.45) is 0 Å². The molecule has 1 saturated heterocycles. The summed E-state index contributed by atoms with van der Waals surface area (Å²) in [6, 6.07) is 18.1. The number of phenols is 1. The zero-order valence-corrected chi connectivity index (χ0v) is 17.6. The predicted molar refractivity (Wildman–Crippen MR) is 123 cm³/mol. The van der Waals surface area contributed by atoms with E-state index in [1.165, 1.54) is 37.8 Å². The van der Waals surface area contributed by atoms with Crippen LogP contribution in [-0.2, 0) is 0 Å². The topological polar surface area (TPSA) is 53.3 Å². The zero-order valence-electron chi connectivity index (χ0n) is 16.8. The van der Waals surface area contributed by atoms with Crippen LogP contribution in [0, 0.1) is 0 Å². The number of pyridine rings is 1. The Bertz CT molecular complexity index is 1010. The minimum Gasteiger partial charge on any atom is -0.508 e. The second kappa shape index (κ2) is 8.11. The Morgan fingerprint density at radius 3 is 2.50 bits per heavy atom. The van der Waals surface area contributed by atoms with Gasteiger partial charge in [0.05, 0.1) is 11.7 Å². The fraction of sp³-hybridized carbons (Fsp3) is 0.333. The van der Waals surface area contributed by atoms with Crippen LogP contribution in [0.15, 0.2) is 67.0 Å². The Balaban J connectivity index is 1.61. The fourth-order valence-corrected chi connectivity index (χ4v) is 5.24. The van der Waals surface area contributed by atoms with Gasteiger partial charge in [0.2, 0.25) is 0 Å². The first-order chi connectivity index (χ1) is 14.7. The molecule has 2 atom stereocenters. The number of nitrogens with zero attached hydrogens (tertiary/aromatic N) is 3. The highest BCUT2D eigenvalue weighted by molar-refractivity contribution is 7.80. The summed E-state index contributed by atoms with van der Waals surface area (Å²) in [5.74, 6) is 0.250. The van der Waals surface area contributed by atoms with Gasteiger partial charge in [-0.3, -0.25) is 4.98 Å². The van der Waals surface area contributed by atoms with Gasteiger partial charge >= 0.3 is 0 Å². The molecule has 6 heteroatoms. The molecule has 30 heavy (non-hydrogen) atoms. The molecule has 1 saturated carbocycles. The second-order valence-electron chi connectivity index (χ2n) is 8.15. The molecule has 1 aliphatic carbocycles. The number of thiocarbonyl (C=S) groups is 1. The van der Waals surface area contributed by atoms with Crippen LogP contribution in [0.1, 0.15) is 61.6 Å². The number of phenolic OH excluding ortho intramolecular Hbond substituents is 1. The smallest absolute Gasteiger partial charge is 0.174 e. The van der Waals surface area contributed by atoms with Gasteiger partial charge < -0.3 is 19.9 Å². The molecule has 2 N–H and O–H groups in total. The van der Waals surface area contributed by atoms with Crippen molar-refractivity contribution in [3.63, 3.8) is 0 Å². The van der Waals surface area contributed by atoms with Crippen molar-refractivity contribution in [1.82, 2.24) is 14.9 Å². The van der Waals surface area contributed by atoms with E-state index in [0.717, 1.165) is 11.4 Å². The van der Waals surface area contributed by atoms with Gasteiger partial charge in [-0.2, -0.15) is 0 Å². The largest absolute Gasteiger partial charge is 0.508 e. The lowest BCUT2D eigenvalue weighted by Gasteiger charge is -2.32. The zero-order chi connectivity index (χ0) is 20.5. The summed E-state index contributed by atoms with van der Waals surface area (Å²) in [5.41, 5.74) is 3.19. The van der Waals surface area contributed by atoms with Gasteiger partial charge in [-0.15, -0.1) is 0 Å². The van der Waals surface area contributed by atoms with Crippen molar-refractivity contribution in [3.05, 3.63) is 78.4 Å². The minimum atomic E-state index is -0.0512. The molecular formula is C24H26N4OS. The van der Waals surface area contributed by atoms with Gasteiger partial charge in [0.1, 0.15) is 11.8 Å². The number of anilines is 1. The first kappa shape index (κ1) is 19.1. The second-order valence-corrected chi connectivity index (χ2v) is 8.53. The van der Waals surface area contributed by atoms with Crippen molar-refractivity contribution in [1.29, 1.82) is 0 Å². The molecule has 5 rings (SSSR count). The van der Waals surface area contributed by atoms with E-state index < -0.39 is 0 Å². The Kier molecular flexibility index (Phi) is 5.17. The van der Waals surface area contributed by atoms with Crippen molar-refractivity contribution in [2.75, 3.05) is 4.90 Å². The molecule has 2 aromatic heterocycles. The molecule has 154 valence electrons. The normalized spacial score (nSPS) is 22.3. The highest BCUT2D eigenvalue weighted by Crippen LogP contribution is 2.43. The minimum absolute atomic E-state index is 0.0196. The van der Waals surface area contributed by atoms with Gasteiger partial charge in [0.25, 0.3) is 0 Å². The number of hydrogen-bond acceptors (Lipinski definition) is 3. The number of hydrogen-bond donors (Lipinski definition) is 2. The van der Waals surface area contributed by atoms with Crippen LogP contribution in [0.5, 0.6) is 5.75 Å². The molecule has 0 bridgehead atoms. The lowest BCUT2D eigenvalue weighted by Crippen LogP contribution is -2.31. The van der Waals surface area contributed by atoms with Crippen LogP contribution in [0.3, 0.4) is 0 Å². The lowest BCUT2D eigenvalue weighted by atomic mass is 9.94. The summed E-state index contributed by atoms with van der Waals surface area (Å²) in [6.07, 6.45) is 10.4. The standard InChI is InChI=1S/C24H26N4OS/c29-19-13-11-18(12-14-19)28-23(22(26-24(28)30)20-9-4-5-15-25-20)21-10-6-16-27(21)17-7-2-1-3-8-17/h4-6,9-17,22-23,29H,1-3,7-8H2,(H,26,30)/t22-,23-/m0/s1. The molecule has 0 radical (unpaired) electrons. The number of nitrogens with one attached hydrogen (secondary N) is 1. The maximum Gasteiger partial charge on any atom is 0.174 e. The van der Waals surface area contributed by atoms with E-state index in [1.54, 1.807) is 12.1 Å². The van der Waals surface area contributed by atoms with Crippen LogP contribution >= 0.6 is 12.2 Å². The molecule has 5 nitrogen and oxygen atoms in total. The summed E-state index contributed by atoms with van der Waals surface area (Å²) < 4.78 is 2.46. The van der Waals surface area contributed by atoms with E-state index >= 15 is 0 Å². The Labute approximate surface area is 182 Å². The summed E-state index contributed by atoms with van der Waals surface area (Å²) in [4.78, 5) is 6.81. The summed E-state index contributed by atoms with van der Waals surface area (Å²) >= 11 is 5.80. The molecule has 2 aliphatic rings. The number of benzene rings is 1. The van der Waals surface area contributed by atoms with Crippen LogP contribution in [0.2, 0.25) is 0 Å². The molecule has 0 amide bonds. The van der Waals surface area contributed by atoms with E-state index in [-0.39, 0.29) is 17.8 Å². The predicted octanol–water partition coefficient (Wildman–Crippen LogP) is 5.27. The van der Waals surface area contributed by atoms with Gasteiger partial charge in [0, 0.05) is 29.8 Å². The number of aromatic nitrogens is 2. The van der Waals surface area contributed by atoms with E-state index in [0.29, 0.717) is 11.2 Å². The maximum atomic E-state index is 9.78. The first-order valence-corrected chi connectivity index (χ1v) is 11.1. The van der Waals surface area contributed by atoms with Gasteiger partial charge in [-0.05, 0) is 73.6 Å². The van der Waals surface area contributed by atoms with Crippen LogP contribution in [-0.4, -0.2) is 19.8 Å². The lowest BCUT2D eigenvalue weighted by molar-refractivity contribution is 0.340. The quantitative estimate of drug-likeness (QED) is 0.565. The van der Waals surface area contributed by atoms with E-state index in [1.807, 2.05) is 30.5 Å². The summed E-state index contributed by atoms with van der Waals surface area (Å²) in [6.45, 7) is 0. The van der Waals surface area contributed by atoms with Gasteiger partial charge in [-0.1, -0.05) is 25.3 Å². The molecule has 0 unspecified atom stereocenters. The monoisotopic (exact) mass is 418 g/mol. The summed E-state index contributed by atoms with van der Waals surface area (Å²) in [5, 5.41) is 14.0. The first-order valence-electron chi connectivity index (χ1n) is 10.7. The summed E-state index contributed by atoms with van der Waals surface area (Å²) in [7, 11) is 0. The van der Waals surface area contributed by atoms with Crippen molar-refractivity contribution in [2.45, 2.75) is 50.2 Å². The van der Waals surface area contributed by atoms with E-state index in [2.05, 4.69) is 44.2 Å². The van der Waals surface area contributed by atoms with Gasteiger partial charge in [-0.25, -0.2) is 0 Å². The molecule has 1 aliphatic heterocycles. The molecular weight excluding hydrogens is 392 g/mol. The average Bonchev–Trinajstić information content (AvgIpc) is 3.40. The highest BCUT2D eigenvalue weighted by atomic mass is 32.1. The fourth-order valence-electron chi connectivity index (χ4n) is 4.90.